The Morgan fingerprint density at radius 3 is 2.78 bits per heavy atom. The molecule has 0 spiro atoms. The molecule has 1 amide bonds. The van der Waals surface area contributed by atoms with E-state index in [0.29, 0.717) is 10.6 Å². The first-order chi connectivity index (χ1) is 8.63. The minimum atomic E-state index is -0.136. The molecule has 1 rings (SSSR count). The molecular formula is C13H19ClN2O2. The van der Waals surface area contributed by atoms with Crippen LogP contribution in [0.2, 0.25) is 5.02 Å². The van der Waals surface area contributed by atoms with Gasteiger partial charge in [0.2, 0.25) is 5.91 Å². The molecule has 4 nitrogen and oxygen atoms in total. The fourth-order valence-electron chi connectivity index (χ4n) is 1.81. The van der Waals surface area contributed by atoms with Gasteiger partial charge < -0.3 is 15.3 Å². The average molecular weight is 271 g/mol. The Morgan fingerprint density at radius 1 is 1.50 bits per heavy atom. The molecular weight excluding hydrogens is 252 g/mol. The second kappa shape index (κ2) is 7.24. The van der Waals surface area contributed by atoms with E-state index >= 15 is 0 Å². The van der Waals surface area contributed by atoms with Crippen LogP contribution in [0.25, 0.3) is 0 Å². The van der Waals surface area contributed by atoms with Crippen LogP contribution in [-0.2, 0) is 11.4 Å². The first-order valence-electron chi connectivity index (χ1n) is 5.97. The second-order valence-electron chi connectivity index (χ2n) is 3.99. The number of amides is 1. The number of nitrogens with zero attached hydrogens (tertiary/aromatic N) is 1. The lowest BCUT2D eigenvalue weighted by Gasteiger charge is -2.26. The van der Waals surface area contributed by atoms with Crippen LogP contribution < -0.4 is 10.2 Å². The molecule has 0 aliphatic heterocycles. The third-order valence-electron chi connectivity index (χ3n) is 2.70. The van der Waals surface area contributed by atoms with Crippen LogP contribution in [-0.4, -0.2) is 31.2 Å². The second-order valence-corrected chi connectivity index (χ2v) is 4.40. The zero-order valence-corrected chi connectivity index (χ0v) is 11.5. The lowest BCUT2D eigenvalue weighted by Crippen LogP contribution is -2.36. The lowest BCUT2D eigenvalue weighted by molar-refractivity contribution is -0.119. The molecule has 0 unspecified atom stereocenters. The summed E-state index contributed by atoms with van der Waals surface area (Å²) in [6, 6.07) is 5.43. The zero-order valence-electron chi connectivity index (χ0n) is 10.7. The summed E-state index contributed by atoms with van der Waals surface area (Å²) in [5.74, 6) is -0.0627. The van der Waals surface area contributed by atoms with Crippen molar-refractivity contribution in [1.82, 2.24) is 5.32 Å². The molecule has 0 aromatic heterocycles. The van der Waals surface area contributed by atoms with Gasteiger partial charge in [-0.3, -0.25) is 4.79 Å². The zero-order chi connectivity index (χ0) is 13.5. The summed E-state index contributed by atoms with van der Waals surface area (Å²) in [4.78, 5) is 13.4. The molecule has 0 aliphatic carbocycles. The van der Waals surface area contributed by atoms with Crippen LogP contribution in [0.5, 0.6) is 0 Å². The minimum absolute atomic E-state index is 0.0627. The quantitative estimate of drug-likeness (QED) is 0.829. The number of aliphatic hydroxyl groups excluding tert-OH is 1. The number of nitrogens with one attached hydrogen (secondary N) is 1. The molecule has 0 fully saturated rings. The molecule has 0 saturated carbocycles. The summed E-state index contributed by atoms with van der Waals surface area (Å²) >= 11 is 6.06. The molecule has 1 aromatic rings. The van der Waals surface area contributed by atoms with E-state index in [9.17, 15) is 9.90 Å². The van der Waals surface area contributed by atoms with Crippen molar-refractivity contribution < 1.29 is 9.90 Å². The topological polar surface area (TPSA) is 52.6 Å². The average Bonchev–Trinajstić information content (AvgIpc) is 2.37. The molecule has 5 heteroatoms. The molecule has 18 heavy (non-hydrogen) atoms. The van der Waals surface area contributed by atoms with Crippen LogP contribution >= 0.6 is 11.6 Å². The first kappa shape index (κ1) is 14.8. The fourth-order valence-corrected chi connectivity index (χ4v) is 2.04. The summed E-state index contributed by atoms with van der Waals surface area (Å²) in [6.07, 6.45) is 0.911. The molecule has 0 aliphatic rings. The smallest absolute Gasteiger partial charge is 0.239 e. The molecule has 0 atom stereocenters. The Kier molecular flexibility index (Phi) is 5.95. The molecule has 100 valence electrons. The number of hydrogen-bond acceptors (Lipinski definition) is 3. The van der Waals surface area contributed by atoms with Gasteiger partial charge >= 0.3 is 0 Å². The van der Waals surface area contributed by atoms with Gasteiger partial charge in [0.25, 0.3) is 0 Å². The van der Waals surface area contributed by atoms with Crippen molar-refractivity contribution >= 4 is 23.2 Å². The Morgan fingerprint density at radius 2 is 2.22 bits per heavy atom. The standard InChI is InChI=1S/C13H19ClN2O2/c1-3-7-16(8-13(18)15-2)12-6-4-5-11(14)10(12)9-17/h4-6,17H,3,7-9H2,1-2H3,(H,15,18). The van der Waals surface area contributed by atoms with Crippen molar-refractivity contribution in [3.8, 4) is 0 Å². The van der Waals surface area contributed by atoms with E-state index < -0.39 is 0 Å². The predicted octanol–water partition coefficient (Wildman–Crippen LogP) is 1.79. The van der Waals surface area contributed by atoms with Gasteiger partial charge in [-0.2, -0.15) is 0 Å². The number of carbonyl (C=O) groups is 1. The molecule has 0 saturated heterocycles. The van der Waals surface area contributed by atoms with E-state index in [0.717, 1.165) is 18.7 Å². The molecule has 0 bridgehead atoms. The highest BCUT2D eigenvalue weighted by Crippen LogP contribution is 2.27. The Balaban J connectivity index is 3.04. The maximum Gasteiger partial charge on any atom is 0.239 e. The van der Waals surface area contributed by atoms with Crippen molar-refractivity contribution in [1.29, 1.82) is 0 Å². The van der Waals surface area contributed by atoms with Gasteiger partial charge in [-0.25, -0.2) is 0 Å². The van der Waals surface area contributed by atoms with E-state index in [1.807, 2.05) is 24.0 Å². The third kappa shape index (κ3) is 3.62. The van der Waals surface area contributed by atoms with Crippen molar-refractivity contribution in [3.05, 3.63) is 28.8 Å². The minimum Gasteiger partial charge on any atom is -0.392 e. The summed E-state index contributed by atoms with van der Waals surface area (Å²) in [5, 5.41) is 12.5. The van der Waals surface area contributed by atoms with Crippen LogP contribution in [0.4, 0.5) is 5.69 Å². The van der Waals surface area contributed by atoms with E-state index in [1.165, 1.54) is 0 Å². The number of halogens is 1. The molecule has 0 heterocycles. The number of rotatable bonds is 6. The Labute approximate surface area is 113 Å². The van der Waals surface area contributed by atoms with Crippen LogP contribution in [0.15, 0.2) is 18.2 Å². The van der Waals surface area contributed by atoms with E-state index in [4.69, 9.17) is 11.6 Å². The Hall–Kier alpha value is -1.26. The van der Waals surface area contributed by atoms with Gasteiger partial charge in [0.15, 0.2) is 0 Å². The SMILES string of the molecule is CCCN(CC(=O)NC)c1cccc(Cl)c1CO. The lowest BCUT2D eigenvalue weighted by atomic mass is 10.1. The monoisotopic (exact) mass is 270 g/mol. The van der Waals surface area contributed by atoms with Crippen LogP contribution in [0, 0.1) is 0 Å². The summed E-state index contributed by atoms with van der Waals surface area (Å²) in [6.45, 7) is 2.90. The highest BCUT2D eigenvalue weighted by atomic mass is 35.5. The summed E-state index contributed by atoms with van der Waals surface area (Å²) < 4.78 is 0. The van der Waals surface area contributed by atoms with Crippen LogP contribution in [0.3, 0.4) is 0 Å². The van der Waals surface area contributed by atoms with Gasteiger partial charge in [0.05, 0.1) is 13.2 Å². The maximum atomic E-state index is 11.5. The summed E-state index contributed by atoms with van der Waals surface area (Å²) in [7, 11) is 1.61. The largest absolute Gasteiger partial charge is 0.392 e. The molecule has 1 aromatic carbocycles. The van der Waals surface area contributed by atoms with Crippen molar-refractivity contribution in [2.45, 2.75) is 20.0 Å². The Bertz CT molecular complexity index is 410. The van der Waals surface area contributed by atoms with Gasteiger partial charge in [-0.15, -0.1) is 0 Å². The predicted molar refractivity (Wildman–Crippen MR) is 73.9 cm³/mol. The van der Waals surface area contributed by atoms with Crippen molar-refractivity contribution in [3.63, 3.8) is 0 Å². The van der Waals surface area contributed by atoms with Gasteiger partial charge in [-0.05, 0) is 18.6 Å². The number of anilines is 1. The van der Waals surface area contributed by atoms with E-state index in [-0.39, 0.29) is 19.1 Å². The van der Waals surface area contributed by atoms with Gasteiger partial charge in [0, 0.05) is 29.9 Å². The number of hydrogen-bond donors (Lipinski definition) is 2. The summed E-state index contributed by atoms with van der Waals surface area (Å²) in [5.41, 5.74) is 1.48. The number of likely N-dealkylation sites (N-methyl/N-ethyl adjacent to an activating group) is 1. The number of benzene rings is 1. The normalized spacial score (nSPS) is 10.2. The maximum absolute atomic E-state index is 11.5. The van der Waals surface area contributed by atoms with Gasteiger partial charge in [-0.1, -0.05) is 24.6 Å². The van der Waals surface area contributed by atoms with Crippen LogP contribution in [0.1, 0.15) is 18.9 Å². The molecule has 0 radical (unpaired) electrons. The van der Waals surface area contributed by atoms with Crippen molar-refractivity contribution in [2.75, 3.05) is 25.0 Å². The number of carbonyl (C=O) groups excluding carboxylic acids is 1. The van der Waals surface area contributed by atoms with Crippen molar-refractivity contribution in [2.24, 2.45) is 0 Å². The van der Waals surface area contributed by atoms with E-state index in [1.54, 1.807) is 13.1 Å². The molecule has 2 N–H and O–H groups in total. The number of aliphatic hydroxyl groups is 1. The van der Waals surface area contributed by atoms with Gasteiger partial charge in [0.1, 0.15) is 0 Å². The highest BCUT2D eigenvalue weighted by molar-refractivity contribution is 6.31. The first-order valence-corrected chi connectivity index (χ1v) is 6.35. The van der Waals surface area contributed by atoms with E-state index in [2.05, 4.69) is 5.32 Å². The third-order valence-corrected chi connectivity index (χ3v) is 3.05. The fraction of sp³-hybridized carbons (Fsp3) is 0.462. The highest BCUT2D eigenvalue weighted by Gasteiger charge is 2.15.